The summed E-state index contributed by atoms with van der Waals surface area (Å²) in [7, 11) is 4.18. The average Bonchev–Trinajstić information content (AvgIpc) is 3.63. The van der Waals surface area contributed by atoms with Crippen LogP contribution in [0.15, 0.2) is 12.4 Å². The van der Waals surface area contributed by atoms with Crippen molar-refractivity contribution in [3.8, 4) is 0 Å². The van der Waals surface area contributed by atoms with Crippen LogP contribution in [0.3, 0.4) is 0 Å². The molecular formula is C48H92N4O4. The first-order valence-electron chi connectivity index (χ1n) is 24.1. The van der Waals surface area contributed by atoms with Crippen molar-refractivity contribution in [1.29, 1.82) is 0 Å². The highest BCUT2D eigenvalue weighted by Gasteiger charge is 2.17. The van der Waals surface area contributed by atoms with Gasteiger partial charge in [0.05, 0.1) is 12.7 Å². The first-order chi connectivity index (χ1) is 27.3. The number of carbonyl (C=O) groups excluding carboxylic acids is 2. The van der Waals surface area contributed by atoms with E-state index >= 15 is 0 Å². The fourth-order valence-electron chi connectivity index (χ4n) is 7.57. The number of esters is 2. The van der Waals surface area contributed by atoms with Gasteiger partial charge in [-0.2, -0.15) is 5.10 Å². The molecule has 0 N–H and O–H groups in total. The molecule has 0 bridgehead atoms. The topological polar surface area (TPSA) is 76.9 Å². The lowest BCUT2D eigenvalue weighted by atomic mass is 10.0. The van der Waals surface area contributed by atoms with Crippen molar-refractivity contribution in [2.24, 2.45) is 0 Å². The van der Waals surface area contributed by atoms with Gasteiger partial charge in [0.2, 0.25) is 0 Å². The highest BCUT2D eigenvalue weighted by Crippen LogP contribution is 2.19. The molecular weight excluding hydrogens is 697 g/mol. The van der Waals surface area contributed by atoms with Crippen LogP contribution in [0.4, 0.5) is 0 Å². The van der Waals surface area contributed by atoms with Crippen LogP contribution in [0.2, 0.25) is 0 Å². The minimum atomic E-state index is -0.0242. The Morgan fingerprint density at radius 2 is 0.946 bits per heavy atom. The van der Waals surface area contributed by atoms with Crippen LogP contribution >= 0.6 is 0 Å². The quantitative estimate of drug-likeness (QED) is 0.0483. The van der Waals surface area contributed by atoms with Gasteiger partial charge < -0.3 is 14.4 Å². The van der Waals surface area contributed by atoms with E-state index in [0.29, 0.717) is 12.8 Å². The molecule has 0 radical (unpaired) electrons. The van der Waals surface area contributed by atoms with E-state index < -0.39 is 0 Å². The summed E-state index contributed by atoms with van der Waals surface area (Å²) in [6, 6.07) is 0. The molecule has 1 aromatic rings. The number of hydrogen-bond acceptors (Lipinski definition) is 7. The maximum Gasteiger partial charge on any atom is 0.306 e. The summed E-state index contributed by atoms with van der Waals surface area (Å²) in [5, 5.41) is 4.62. The zero-order valence-electron chi connectivity index (χ0n) is 38.0. The molecule has 8 heteroatoms. The summed E-state index contributed by atoms with van der Waals surface area (Å²) in [5.74, 6) is -0.0484. The Balaban J connectivity index is 2.66. The van der Waals surface area contributed by atoms with Crippen molar-refractivity contribution in [3.63, 3.8) is 0 Å². The molecule has 1 rings (SSSR count). The monoisotopic (exact) mass is 789 g/mol. The van der Waals surface area contributed by atoms with Gasteiger partial charge in [-0.05, 0) is 104 Å². The highest BCUT2D eigenvalue weighted by atomic mass is 16.5. The minimum Gasteiger partial charge on any atom is -0.462 e. The van der Waals surface area contributed by atoms with Crippen LogP contribution in [0, 0.1) is 0 Å². The fraction of sp³-hybridized carbons (Fsp3) is 0.896. The van der Waals surface area contributed by atoms with Gasteiger partial charge in [-0.25, -0.2) is 0 Å². The van der Waals surface area contributed by atoms with E-state index in [1.54, 1.807) is 0 Å². The van der Waals surface area contributed by atoms with E-state index in [9.17, 15) is 9.59 Å². The third-order valence-electron chi connectivity index (χ3n) is 11.2. The molecule has 328 valence electrons. The molecule has 0 aliphatic heterocycles. The van der Waals surface area contributed by atoms with E-state index in [2.05, 4.69) is 62.9 Å². The fourth-order valence-corrected chi connectivity index (χ4v) is 7.57. The second-order valence-corrected chi connectivity index (χ2v) is 17.1. The summed E-state index contributed by atoms with van der Waals surface area (Å²) in [4.78, 5) is 30.7. The number of nitrogens with zero attached hydrogens (tertiary/aromatic N) is 4. The lowest BCUT2D eigenvalue weighted by Gasteiger charge is -2.22. The van der Waals surface area contributed by atoms with Crippen LogP contribution < -0.4 is 0 Å². The zero-order chi connectivity index (χ0) is 40.9. The molecule has 2 atom stereocenters. The van der Waals surface area contributed by atoms with Gasteiger partial charge in [0, 0.05) is 37.7 Å². The SMILES string of the molecule is CCCCCCCCC(CCCCCC)OC(=O)CCCCN(CCCCC(=O)OC(CCCCCC)CCCCCCCC)Cc1cnn(CCN(C)C)c1. The Morgan fingerprint density at radius 3 is 1.36 bits per heavy atom. The predicted octanol–water partition coefficient (Wildman–Crippen LogP) is 12.9. The summed E-state index contributed by atoms with van der Waals surface area (Å²) in [6.45, 7) is 13.5. The Labute approximate surface area is 347 Å². The normalized spacial score (nSPS) is 12.8. The standard InChI is InChI=1S/C48H92N4O4/c1-7-11-15-19-21-25-33-45(31-23-17-13-9-3)55-47(53)35-27-29-37-51(42-44-41-49-52(43-44)40-39-50(5)6)38-30-28-36-48(54)56-46(32-24-18-14-10-4)34-26-22-20-16-12-8-2/h41,43,45-46H,7-40,42H2,1-6H3. The maximum absolute atomic E-state index is 13.0. The van der Waals surface area contributed by atoms with E-state index in [1.807, 2.05) is 10.9 Å². The maximum atomic E-state index is 13.0. The van der Waals surface area contributed by atoms with E-state index in [1.165, 1.54) is 108 Å². The molecule has 2 unspecified atom stereocenters. The first kappa shape index (κ1) is 52.1. The molecule has 8 nitrogen and oxygen atoms in total. The summed E-state index contributed by atoms with van der Waals surface area (Å²) in [5.41, 5.74) is 1.21. The summed E-state index contributed by atoms with van der Waals surface area (Å²) >= 11 is 0. The summed E-state index contributed by atoms with van der Waals surface area (Å²) < 4.78 is 14.2. The van der Waals surface area contributed by atoms with Crippen molar-refractivity contribution >= 4 is 11.9 Å². The van der Waals surface area contributed by atoms with Crippen molar-refractivity contribution in [1.82, 2.24) is 19.6 Å². The lowest BCUT2D eigenvalue weighted by Crippen LogP contribution is -2.26. The Morgan fingerprint density at radius 1 is 0.554 bits per heavy atom. The van der Waals surface area contributed by atoms with E-state index in [0.717, 1.165) is 110 Å². The van der Waals surface area contributed by atoms with Gasteiger partial charge in [-0.3, -0.25) is 19.2 Å². The van der Waals surface area contributed by atoms with Crippen LogP contribution in [-0.4, -0.2) is 77.5 Å². The highest BCUT2D eigenvalue weighted by molar-refractivity contribution is 5.69. The molecule has 0 aliphatic rings. The second-order valence-electron chi connectivity index (χ2n) is 17.1. The number of aromatic nitrogens is 2. The molecule has 0 fully saturated rings. The average molecular weight is 789 g/mol. The third kappa shape index (κ3) is 31.1. The number of rotatable bonds is 41. The van der Waals surface area contributed by atoms with Crippen molar-refractivity contribution < 1.29 is 19.1 Å². The van der Waals surface area contributed by atoms with Crippen molar-refractivity contribution in [3.05, 3.63) is 18.0 Å². The number of unbranched alkanes of at least 4 members (excludes halogenated alkanes) is 18. The Kier molecular flexibility index (Phi) is 34.7. The van der Waals surface area contributed by atoms with Gasteiger partial charge >= 0.3 is 11.9 Å². The molecule has 0 saturated heterocycles. The minimum absolute atomic E-state index is 0.0242. The van der Waals surface area contributed by atoms with Crippen molar-refractivity contribution in [2.75, 3.05) is 33.7 Å². The molecule has 0 spiro atoms. The van der Waals surface area contributed by atoms with Gasteiger partial charge in [0.25, 0.3) is 0 Å². The van der Waals surface area contributed by atoms with E-state index in [4.69, 9.17) is 9.47 Å². The van der Waals surface area contributed by atoms with Crippen LogP contribution in [-0.2, 0) is 32.2 Å². The Bertz CT molecular complexity index is 977. The van der Waals surface area contributed by atoms with Gasteiger partial charge in [-0.1, -0.05) is 130 Å². The van der Waals surface area contributed by atoms with Gasteiger partial charge in [-0.15, -0.1) is 0 Å². The van der Waals surface area contributed by atoms with E-state index in [-0.39, 0.29) is 24.1 Å². The predicted molar refractivity (Wildman–Crippen MR) is 237 cm³/mol. The number of hydrogen-bond donors (Lipinski definition) is 0. The number of ether oxygens (including phenoxy) is 2. The zero-order valence-corrected chi connectivity index (χ0v) is 38.0. The summed E-state index contributed by atoms with van der Waals surface area (Å²) in [6.07, 6.45) is 37.8. The number of carbonyl (C=O) groups is 2. The molecule has 1 aromatic heterocycles. The smallest absolute Gasteiger partial charge is 0.306 e. The van der Waals surface area contributed by atoms with Crippen molar-refractivity contribution in [2.45, 2.75) is 246 Å². The first-order valence-corrected chi connectivity index (χ1v) is 24.1. The van der Waals surface area contributed by atoms with Crippen LogP contribution in [0.25, 0.3) is 0 Å². The van der Waals surface area contributed by atoms with Gasteiger partial charge in [0.1, 0.15) is 12.2 Å². The molecule has 0 amide bonds. The van der Waals surface area contributed by atoms with Crippen LogP contribution in [0.5, 0.6) is 0 Å². The largest absolute Gasteiger partial charge is 0.462 e. The lowest BCUT2D eigenvalue weighted by molar-refractivity contribution is -0.151. The molecule has 0 aromatic carbocycles. The third-order valence-corrected chi connectivity index (χ3v) is 11.2. The molecule has 0 aliphatic carbocycles. The molecule has 1 heterocycles. The molecule has 56 heavy (non-hydrogen) atoms. The Hall–Kier alpha value is -1.93. The van der Waals surface area contributed by atoms with Gasteiger partial charge in [0.15, 0.2) is 0 Å². The molecule has 0 saturated carbocycles. The second kappa shape index (κ2) is 37.3. The number of likely N-dealkylation sites (N-methyl/N-ethyl adjacent to an activating group) is 1. The van der Waals surface area contributed by atoms with Crippen LogP contribution in [0.1, 0.15) is 226 Å².